The first-order chi connectivity index (χ1) is 11.0. The molecule has 2 rings (SSSR count). The number of nitrogens with zero attached hydrogens (tertiary/aromatic N) is 1. The first-order valence-electron chi connectivity index (χ1n) is 8.31. The van der Waals surface area contributed by atoms with E-state index in [0.29, 0.717) is 0 Å². The molecular formula is C16H28N2O4SSi. The van der Waals surface area contributed by atoms with Crippen LogP contribution in [0.15, 0.2) is 21.9 Å². The SMILES string of the molecule is CC[C@H]1SC(n2ccc(=O)[nH]c2=O)[C@H](O[Si](C)(C)C(C)(C)C)[C@@H]1O. The number of aromatic amines is 1. The van der Waals surface area contributed by atoms with Gasteiger partial charge in [0.2, 0.25) is 0 Å². The van der Waals surface area contributed by atoms with E-state index in [2.05, 4.69) is 38.8 Å². The normalized spacial score (nSPS) is 28.3. The average molecular weight is 373 g/mol. The summed E-state index contributed by atoms with van der Waals surface area (Å²) >= 11 is 1.54. The first-order valence-corrected chi connectivity index (χ1v) is 12.2. The van der Waals surface area contributed by atoms with Crippen molar-refractivity contribution < 1.29 is 9.53 Å². The molecule has 1 aliphatic heterocycles. The van der Waals surface area contributed by atoms with Gasteiger partial charge in [0.05, 0.1) is 6.10 Å². The molecular weight excluding hydrogens is 344 g/mol. The van der Waals surface area contributed by atoms with Gasteiger partial charge >= 0.3 is 5.69 Å². The average Bonchev–Trinajstić information content (AvgIpc) is 2.74. The maximum atomic E-state index is 12.2. The van der Waals surface area contributed by atoms with Crippen LogP contribution in [0.5, 0.6) is 0 Å². The predicted octanol–water partition coefficient (Wildman–Crippen LogP) is 2.31. The van der Waals surface area contributed by atoms with E-state index in [9.17, 15) is 14.7 Å². The molecule has 4 atom stereocenters. The Balaban J connectivity index is 2.41. The molecule has 6 nitrogen and oxygen atoms in total. The minimum atomic E-state index is -2.12. The summed E-state index contributed by atoms with van der Waals surface area (Å²) in [6, 6.07) is 1.33. The molecule has 0 amide bonds. The maximum absolute atomic E-state index is 12.2. The highest BCUT2D eigenvalue weighted by Crippen LogP contribution is 2.47. The standard InChI is InChI=1S/C16H28N2O4SSi/c1-7-10-12(20)13(22-24(5,6)16(2,3)4)14(23-10)18-9-8-11(19)17-15(18)21/h8-10,12-14,20H,7H2,1-6H3,(H,17,19,21)/t10-,12-,13-,14?/m1/s1. The van der Waals surface area contributed by atoms with Crippen molar-refractivity contribution in [1.29, 1.82) is 0 Å². The van der Waals surface area contributed by atoms with Crippen molar-refractivity contribution in [3.8, 4) is 0 Å². The third-order valence-electron chi connectivity index (χ3n) is 5.08. The van der Waals surface area contributed by atoms with Crippen molar-refractivity contribution in [2.45, 2.75) is 75.1 Å². The second kappa shape index (κ2) is 6.82. The number of H-pyrrole nitrogens is 1. The highest BCUT2D eigenvalue weighted by molar-refractivity contribution is 8.00. The molecule has 24 heavy (non-hydrogen) atoms. The molecule has 1 aromatic heterocycles. The lowest BCUT2D eigenvalue weighted by Gasteiger charge is -2.40. The quantitative estimate of drug-likeness (QED) is 0.792. The third-order valence-corrected chi connectivity index (χ3v) is 11.3. The fraction of sp³-hybridized carbons (Fsp3) is 0.750. The Labute approximate surface area is 147 Å². The smallest absolute Gasteiger partial charge is 0.329 e. The molecule has 1 aromatic rings. The van der Waals surface area contributed by atoms with Crippen LogP contribution in [0.25, 0.3) is 0 Å². The number of thioether (sulfide) groups is 1. The minimum absolute atomic E-state index is 0.00218. The van der Waals surface area contributed by atoms with Crippen LogP contribution < -0.4 is 11.2 Å². The van der Waals surface area contributed by atoms with Gasteiger partial charge < -0.3 is 9.53 Å². The van der Waals surface area contributed by atoms with Crippen LogP contribution in [-0.4, -0.2) is 40.4 Å². The fourth-order valence-corrected chi connectivity index (χ4v) is 5.49. The fourth-order valence-electron chi connectivity index (χ4n) is 2.55. The summed E-state index contributed by atoms with van der Waals surface area (Å²) in [6.07, 6.45) is 1.17. The second-order valence-electron chi connectivity index (χ2n) is 7.82. The van der Waals surface area contributed by atoms with Crippen molar-refractivity contribution in [1.82, 2.24) is 9.55 Å². The first kappa shape index (κ1) is 19.5. The third kappa shape index (κ3) is 3.71. The van der Waals surface area contributed by atoms with Crippen LogP contribution in [0, 0.1) is 0 Å². The van der Waals surface area contributed by atoms with E-state index >= 15 is 0 Å². The topological polar surface area (TPSA) is 84.3 Å². The van der Waals surface area contributed by atoms with Crippen molar-refractivity contribution in [2.75, 3.05) is 0 Å². The summed E-state index contributed by atoms with van der Waals surface area (Å²) in [5.41, 5.74) is -0.888. The zero-order chi connectivity index (χ0) is 18.3. The number of aliphatic hydroxyl groups excluding tert-OH is 1. The number of hydrogen-bond acceptors (Lipinski definition) is 5. The Morgan fingerprint density at radius 1 is 1.38 bits per heavy atom. The number of nitrogens with one attached hydrogen (secondary N) is 1. The van der Waals surface area contributed by atoms with Gasteiger partial charge in [0.25, 0.3) is 5.56 Å². The lowest BCUT2D eigenvalue weighted by atomic mass is 10.1. The van der Waals surface area contributed by atoms with E-state index in [4.69, 9.17) is 4.43 Å². The summed E-state index contributed by atoms with van der Waals surface area (Å²) in [6.45, 7) is 12.7. The molecule has 1 unspecified atom stereocenters. The van der Waals surface area contributed by atoms with Gasteiger partial charge in [0.1, 0.15) is 11.5 Å². The lowest BCUT2D eigenvalue weighted by molar-refractivity contribution is 0.0246. The zero-order valence-electron chi connectivity index (χ0n) is 15.2. The maximum Gasteiger partial charge on any atom is 0.329 e. The molecule has 0 saturated carbocycles. The lowest BCUT2D eigenvalue weighted by Crippen LogP contribution is -2.49. The Bertz CT molecular complexity index is 694. The molecule has 2 N–H and O–H groups in total. The molecule has 0 radical (unpaired) electrons. The zero-order valence-corrected chi connectivity index (χ0v) is 17.0. The molecule has 0 aliphatic carbocycles. The Morgan fingerprint density at radius 3 is 2.50 bits per heavy atom. The van der Waals surface area contributed by atoms with Crippen LogP contribution in [0.3, 0.4) is 0 Å². The van der Waals surface area contributed by atoms with Crippen LogP contribution in [0.2, 0.25) is 18.1 Å². The molecule has 2 heterocycles. The summed E-state index contributed by atoms with van der Waals surface area (Å²) in [5.74, 6) is 0. The van der Waals surface area contributed by atoms with Gasteiger partial charge in [-0.1, -0.05) is 27.7 Å². The molecule has 1 saturated heterocycles. The molecule has 8 heteroatoms. The van der Waals surface area contributed by atoms with E-state index in [1.807, 2.05) is 6.92 Å². The van der Waals surface area contributed by atoms with Gasteiger partial charge in [-0.05, 0) is 24.6 Å². The molecule has 136 valence electrons. The van der Waals surface area contributed by atoms with E-state index < -0.39 is 31.8 Å². The van der Waals surface area contributed by atoms with Crippen LogP contribution in [0.4, 0.5) is 0 Å². The van der Waals surface area contributed by atoms with E-state index in [0.717, 1.165) is 6.42 Å². The second-order valence-corrected chi connectivity index (χ2v) is 13.9. The molecule has 1 aliphatic rings. The van der Waals surface area contributed by atoms with E-state index in [1.54, 1.807) is 0 Å². The van der Waals surface area contributed by atoms with E-state index in [-0.39, 0.29) is 15.7 Å². The van der Waals surface area contributed by atoms with Crippen molar-refractivity contribution in [3.05, 3.63) is 33.1 Å². The van der Waals surface area contributed by atoms with Crippen LogP contribution in [0.1, 0.15) is 39.5 Å². The number of aliphatic hydroxyl groups is 1. The highest BCUT2D eigenvalue weighted by Gasteiger charge is 2.49. The number of aromatic nitrogens is 2. The summed E-state index contributed by atoms with van der Waals surface area (Å²) in [5, 5.41) is 10.4. The van der Waals surface area contributed by atoms with Gasteiger partial charge in [-0.25, -0.2) is 4.79 Å². The number of hydrogen-bond donors (Lipinski definition) is 2. The minimum Gasteiger partial charge on any atom is -0.408 e. The molecule has 0 bridgehead atoms. The van der Waals surface area contributed by atoms with Crippen LogP contribution >= 0.6 is 11.8 Å². The predicted molar refractivity (Wildman–Crippen MR) is 100 cm³/mol. The van der Waals surface area contributed by atoms with E-state index in [1.165, 1.54) is 28.6 Å². The Hall–Kier alpha value is -0.833. The van der Waals surface area contributed by atoms with Gasteiger partial charge in [0, 0.05) is 17.5 Å². The summed E-state index contributed by atoms with van der Waals surface area (Å²) in [4.78, 5) is 25.8. The van der Waals surface area contributed by atoms with Crippen molar-refractivity contribution in [2.24, 2.45) is 0 Å². The monoisotopic (exact) mass is 372 g/mol. The van der Waals surface area contributed by atoms with Gasteiger partial charge in [-0.2, -0.15) is 0 Å². The number of rotatable bonds is 4. The molecule has 1 fully saturated rings. The highest BCUT2D eigenvalue weighted by atomic mass is 32.2. The summed E-state index contributed by atoms with van der Waals surface area (Å²) < 4.78 is 7.95. The van der Waals surface area contributed by atoms with Gasteiger partial charge in [0.15, 0.2) is 8.32 Å². The Kier molecular flexibility index (Phi) is 5.54. The van der Waals surface area contributed by atoms with Crippen LogP contribution in [-0.2, 0) is 4.43 Å². The van der Waals surface area contributed by atoms with Gasteiger partial charge in [-0.3, -0.25) is 14.3 Å². The summed E-state index contributed by atoms with van der Waals surface area (Å²) in [7, 11) is -2.12. The Morgan fingerprint density at radius 2 is 2.00 bits per heavy atom. The van der Waals surface area contributed by atoms with Crippen molar-refractivity contribution in [3.63, 3.8) is 0 Å². The molecule has 0 aromatic carbocycles. The van der Waals surface area contributed by atoms with Gasteiger partial charge in [-0.15, -0.1) is 11.8 Å². The molecule has 0 spiro atoms. The van der Waals surface area contributed by atoms with Crippen molar-refractivity contribution >= 4 is 20.1 Å². The largest absolute Gasteiger partial charge is 0.408 e.